The van der Waals surface area contributed by atoms with E-state index in [0.29, 0.717) is 22.7 Å². The highest BCUT2D eigenvalue weighted by molar-refractivity contribution is 7.99. The van der Waals surface area contributed by atoms with Crippen LogP contribution in [0.15, 0.2) is 59.6 Å². The van der Waals surface area contributed by atoms with Crippen LogP contribution in [-0.2, 0) is 16.4 Å². The number of hydrogen-bond acceptors (Lipinski definition) is 14. The summed E-state index contributed by atoms with van der Waals surface area (Å²) in [5.74, 6) is -12.0. The molecular weight excluding hydrogens is 679 g/mol. The van der Waals surface area contributed by atoms with Crippen molar-refractivity contribution >= 4 is 73.6 Å². The van der Waals surface area contributed by atoms with Gasteiger partial charge < -0.3 is 45.8 Å². The Morgan fingerprint density at radius 2 is 1.65 bits per heavy atom. The molecule has 4 heterocycles. The first-order chi connectivity index (χ1) is 23.3. The van der Waals surface area contributed by atoms with Crippen LogP contribution in [-0.4, -0.2) is 130 Å². The standard InChI is InChI=1S/C30H27B5FN5O9S/c1-25(43)29(35,47)41(30(48,49)26(2,44)50-25)23-9-16(36)8-21(40-23)19-6-4-15-11-37-17(10-20(15)39-19)12-38-24(42)14-3-5-18(28(32,33)34)22(7-14)51-13-27(31,45)46/h3-11,43-49H,12-13H2,1-2H3,(H,38,42). The molecule has 3 atom stereocenters. The van der Waals surface area contributed by atoms with Crippen LogP contribution in [0.4, 0.5) is 10.2 Å². The van der Waals surface area contributed by atoms with E-state index >= 15 is 4.39 Å². The van der Waals surface area contributed by atoms with Crippen LogP contribution in [0.3, 0.4) is 0 Å². The number of carbonyl (C=O) groups excluding carboxylic acids is 1. The maximum atomic E-state index is 15.0. The Hall–Kier alpha value is -3.52. The zero-order chi connectivity index (χ0) is 37.9. The molecule has 1 aliphatic rings. The predicted octanol–water partition coefficient (Wildman–Crippen LogP) is -2.02. The second kappa shape index (κ2) is 13.2. The number of pyridine rings is 3. The average molecular weight is 707 g/mol. The Bertz CT molecular complexity index is 1970. The molecule has 3 aromatic heterocycles. The van der Waals surface area contributed by atoms with Crippen molar-refractivity contribution in [1.29, 1.82) is 0 Å². The van der Waals surface area contributed by atoms with E-state index in [0.717, 1.165) is 31.7 Å². The van der Waals surface area contributed by atoms with Gasteiger partial charge in [0.1, 0.15) is 22.9 Å². The summed E-state index contributed by atoms with van der Waals surface area (Å²) < 4.78 is 19.9. The number of nitrogens with one attached hydrogen (secondary N) is 1. The fraction of sp³-hybridized carbons (Fsp3) is 0.333. The average Bonchev–Trinajstić information content (AvgIpc) is 2.99. The number of thioether (sulfide) groups is 1. The van der Waals surface area contributed by atoms with E-state index in [1.54, 1.807) is 12.1 Å². The van der Waals surface area contributed by atoms with Gasteiger partial charge in [-0.25, -0.2) is 14.4 Å². The van der Waals surface area contributed by atoms with Crippen molar-refractivity contribution < 1.29 is 49.7 Å². The van der Waals surface area contributed by atoms with Gasteiger partial charge in [0.2, 0.25) is 11.6 Å². The lowest BCUT2D eigenvalue weighted by Crippen LogP contribution is -2.83. The number of amides is 1. The highest BCUT2D eigenvalue weighted by Crippen LogP contribution is 2.45. The first-order valence-corrected chi connectivity index (χ1v) is 15.8. The van der Waals surface area contributed by atoms with Gasteiger partial charge in [0.05, 0.1) is 52.7 Å². The van der Waals surface area contributed by atoms with Crippen LogP contribution in [0.5, 0.6) is 0 Å². The molecule has 3 unspecified atom stereocenters. The molecule has 254 valence electrons. The second-order valence-corrected chi connectivity index (χ2v) is 13.4. The van der Waals surface area contributed by atoms with Crippen LogP contribution in [0.1, 0.15) is 35.5 Å². The topological polar surface area (TPSA) is 222 Å². The summed E-state index contributed by atoms with van der Waals surface area (Å²) in [7, 11) is 28.6. The fourth-order valence-corrected chi connectivity index (χ4v) is 6.12. The molecule has 1 saturated heterocycles. The maximum Gasteiger partial charge on any atom is 0.306 e. The van der Waals surface area contributed by atoms with Gasteiger partial charge in [0.25, 0.3) is 5.91 Å². The van der Waals surface area contributed by atoms with Crippen molar-refractivity contribution in [1.82, 2.24) is 20.3 Å². The van der Waals surface area contributed by atoms with Crippen molar-refractivity contribution in [2.45, 2.75) is 59.2 Å². The van der Waals surface area contributed by atoms with Crippen LogP contribution in [0.2, 0.25) is 0 Å². The fourth-order valence-electron chi connectivity index (χ4n) is 5.14. The first kappa shape index (κ1) is 38.7. The number of benzene rings is 1. The number of aromatic nitrogens is 3. The first-order valence-electron chi connectivity index (χ1n) is 14.8. The number of morpholine rings is 1. The number of carbonyl (C=O) groups is 1. The molecule has 0 bridgehead atoms. The van der Waals surface area contributed by atoms with Crippen molar-refractivity contribution in [2.24, 2.45) is 0 Å². The minimum absolute atomic E-state index is 0.0615. The molecule has 1 aliphatic heterocycles. The summed E-state index contributed by atoms with van der Waals surface area (Å²) in [6.45, 7) is 1.52. The summed E-state index contributed by atoms with van der Waals surface area (Å²) in [5, 5.41) is 74.2. The number of anilines is 1. The monoisotopic (exact) mass is 707 g/mol. The Labute approximate surface area is 301 Å². The van der Waals surface area contributed by atoms with Gasteiger partial charge in [0, 0.05) is 39.9 Å². The lowest BCUT2D eigenvalue weighted by atomic mass is 9.40. The Kier molecular flexibility index (Phi) is 9.99. The number of halogens is 1. The van der Waals surface area contributed by atoms with Crippen molar-refractivity contribution in [3.63, 3.8) is 0 Å². The minimum atomic E-state index is -3.54. The van der Waals surface area contributed by atoms with E-state index in [9.17, 15) is 40.5 Å². The van der Waals surface area contributed by atoms with E-state index in [-0.39, 0.29) is 44.6 Å². The molecule has 1 aromatic carbocycles. The molecule has 0 saturated carbocycles. The van der Waals surface area contributed by atoms with Crippen molar-refractivity contribution in [3.05, 3.63) is 77.4 Å². The summed E-state index contributed by atoms with van der Waals surface area (Å²) in [4.78, 5) is 26.5. The highest BCUT2D eigenvalue weighted by Gasteiger charge is 2.68. The smallest absolute Gasteiger partial charge is 0.306 e. The summed E-state index contributed by atoms with van der Waals surface area (Å²) in [6.07, 6.45) is 1.48. The molecule has 1 fully saturated rings. The highest BCUT2D eigenvalue weighted by atomic mass is 32.2. The van der Waals surface area contributed by atoms with Gasteiger partial charge >= 0.3 is 5.91 Å². The largest absolute Gasteiger partial charge is 0.374 e. The number of ether oxygens (including phenoxy) is 1. The van der Waals surface area contributed by atoms with Gasteiger partial charge in [-0.05, 0) is 44.2 Å². The summed E-state index contributed by atoms with van der Waals surface area (Å²) in [6, 6.07) is 10.5. The quantitative estimate of drug-likeness (QED) is 0.0535. The minimum Gasteiger partial charge on any atom is -0.374 e. The van der Waals surface area contributed by atoms with Gasteiger partial charge in [-0.15, -0.1) is 16.9 Å². The van der Waals surface area contributed by atoms with E-state index < -0.39 is 51.5 Å². The molecule has 4 aromatic rings. The third-order valence-corrected chi connectivity index (χ3v) is 9.05. The van der Waals surface area contributed by atoms with Crippen LogP contribution in [0.25, 0.3) is 22.3 Å². The zero-order valence-electron chi connectivity index (χ0n) is 27.0. The molecule has 21 heteroatoms. The SMILES string of the molecule is [B]C(O)(O)CSc1cc(C(=O)NCc2cc3nc(-c4cc(F)cc(N5C([B])(O)C(C)(O)OC(C)(O)C5(O)O)n4)ccc3cn2)ccc1C([B])([B])[B]. The Morgan fingerprint density at radius 3 is 2.29 bits per heavy atom. The Morgan fingerprint density at radius 1 is 0.961 bits per heavy atom. The van der Waals surface area contributed by atoms with E-state index in [4.69, 9.17) is 44.0 Å². The third-order valence-electron chi connectivity index (χ3n) is 7.83. The second-order valence-electron chi connectivity index (χ2n) is 12.4. The molecule has 1 amide bonds. The lowest BCUT2D eigenvalue weighted by Gasteiger charge is -2.60. The van der Waals surface area contributed by atoms with E-state index in [2.05, 4.69) is 20.3 Å². The number of fused-ring (bicyclic) bond motifs is 1. The normalized spacial score (nSPS) is 23.7. The van der Waals surface area contributed by atoms with Gasteiger partial charge in [-0.1, -0.05) is 11.6 Å². The summed E-state index contributed by atoms with van der Waals surface area (Å²) >= 11 is 0.869. The van der Waals surface area contributed by atoms with Crippen LogP contribution >= 0.6 is 11.8 Å². The van der Waals surface area contributed by atoms with Crippen LogP contribution in [0, 0.1) is 5.82 Å². The molecule has 14 nitrogen and oxygen atoms in total. The van der Waals surface area contributed by atoms with E-state index in [1.165, 1.54) is 30.5 Å². The number of nitrogens with zero attached hydrogens (tertiary/aromatic N) is 4. The molecular formula is C30H27B5FN5O9S. The molecule has 51 heavy (non-hydrogen) atoms. The predicted molar refractivity (Wildman–Crippen MR) is 186 cm³/mol. The number of rotatable bonds is 9. The van der Waals surface area contributed by atoms with Gasteiger partial charge in [-0.3, -0.25) is 14.7 Å². The van der Waals surface area contributed by atoms with E-state index in [1.807, 2.05) is 0 Å². The zero-order valence-corrected chi connectivity index (χ0v) is 27.8. The third kappa shape index (κ3) is 7.82. The lowest BCUT2D eigenvalue weighted by molar-refractivity contribution is -0.469. The Balaban J connectivity index is 1.42. The molecule has 0 spiro atoms. The van der Waals surface area contributed by atoms with Gasteiger partial charge in [-0.2, -0.15) is 0 Å². The maximum absolute atomic E-state index is 15.0. The van der Waals surface area contributed by atoms with Crippen LogP contribution < -0.4 is 10.2 Å². The molecule has 0 aliphatic carbocycles. The van der Waals surface area contributed by atoms with Crippen molar-refractivity contribution in [3.8, 4) is 11.4 Å². The van der Waals surface area contributed by atoms with Gasteiger partial charge in [0.15, 0.2) is 15.7 Å². The van der Waals surface area contributed by atoms with Crippen molar-refractivity contribution in [2.75, 3.05) is 10.7 Å². The molecule has 8 N–H and O–H groups in total. The number of aliphatic hydroxyl groups is 7. The summed E-state index contributed by atoms with van der Waals surface area (Å²) in [5.41, 5.74) is -4.74. The number of hydrogen-bond donors (Lipinski definition) is 8. The molecule has 5 rings (SSSR count). The molecule has 10 radical (unpaired) electrons.